The second kappa shape index (κ2) is 10.6. The van der Waals surface area contributed by atoms with Gasteiger partial charge in [-0.3, -0.25) is 0 Å². The number of nitrogens with one attached hydrogen (secondary N) is 1. The van der Waals surface area contributed by atoms with Crippen molar-refractivity contribution >= 4 is 17.1 Å². The molecule has 1 amide bonds. The van der Waals surface area contributed by atoms with E-state index >= 15 is 0 Å². The summed E-state index contributed by atoms with van der Waals surface area (Å²) in [4.78, 5) is 17.7. The summed E-state index contributed by atoms with van der Waals surface area (Å²) < 4.78 is 18.7. The van der Waals surface area contributed by atoms with Crippen molar-refractivity contribution in [2.75, 3.05) is 13.7 Å². The maximum atomic E-state index is 12.7. The van der Waals surface area contributed by atoms with Crippen molar-refractivity contribution in [1.29, 1.82) is 0 Å². The van der Waals surface area contributed by atoms with Gasteiger partial charge in [-0.25, -0.2) is 9.78 Å². The van der Waals surface area contributed by atoms with Gasteiger partial charge in [-0.15, -0.1) is 0 Å². The maximum Gasteiger partial charge on any atom is 0.408 e. The number of imidazole rings is 1. The fraction of sp³-hybridized carbons (Fsp3) is 0.593. The van der Waals surface area contributed by atoms with Gasteiger partial charge in [-0.05, 0) is 84.4 Å². The van der Waals surface area contributed by atoms with Crippen LogP contribution in [-0.2, 0) is 9.47 Å². The van der Waals surface area contributed by atoms with Crippen LogP contribution in [-0.4, -0.2) is 51.3 Å². The second-order valence-corrected chi connectivity index (χ2v) is 10.6. The number of benzene rings is 1. The Morgan fingerprint density at radius 1 is 1.25 bits per heavy atom. The number of hydrogen-bond acceptors (Lipinski definition) is 7. The Labute approximate surface area is 212 Å². The number of aromatic nitrogens is 3. The normalized spacial score (nSPS) is 19.4. The number of ether oxygens (including phenoxy) is 2. The van der Waals surface area contributed by atoms with Gasteiger partial charge in [-0.2, -0.15) is 0 Å². The number of aliphatic hydroxyl groups excluding tert-OH is 1. The van der Waals surface area contributed by atoms with Gasteiger partial charge in [0.25, 0.3) is 0 Å². The molecule has 0 aliphatic heterocycles. The lowest BCUT2D eigenvalue weighted by Gasteiger charge is -2.31. The predicted octanol–water partition coefficient (Wildman–Crippen LogP) is 5.39. The van der Waals surface area contributed by atoms with E-state index in [0.29, 0.717) is 6.42 Å². The van der Waals surface area contributed by atoms with Crippen LogP contribution in [0.5, 0.6) is 0 Å². The number of fused-ring (bicyclic) bond motifs is 1. The van der Waals surface area contributed by atoms with Crippen LogP contribution >= 0.6 is 0 Å². The van der Waals surface area contributed by atoms with E-state index in [-0.39, 0.29) is 18.8 Å². The van der Waals surface area contributed by atoms with Crippen LogP contribution in [0, 0.1) is 13.8 Å². The highest BCUT2D eigenvalue weighted by atomic mass is 16.6. The molecule has 196 valence electrons. The molecule has 1 atom stereocenters. The smallest absolute Gasteiger partial charge is 0.408 e. The first-order valence-electron chi connectivity index (χ1n) is 12.7. The summed E-state index contributed by atoms with van der Waals surface area (Å²) in [5, 5.41) is 16.9. The summed E-state index contributed by atoms with van der Waals surface area (Å²) in [6.07, 6.45) is 3.87. The SMILES string of the molecule is CO[C@H]1CC[C@H](n2c([C@H](CCO)NC(=O)OC(C)(C)C)nc3cc(-c4c(C)noc4C)ccc32)CC1. The minimum absolute atomic E-state index is 0.0928. The molecule has 0 radical (unpaired) electrons. The molecule has 9 nitrogen and oxygen atoms in total. The highest BCUT2D eigenvalue weighted by Gasteiger charge is 2.30. The van der Waals surface area contributed by atoms with Crippen molar-refractivity contribution in [3.05, 3.63) is 35.5 Å². The molecule has 0 saturated heterocycles. The lowest BCUT2D eigenvalue weighted by molar-refractivity contribution is 0.0487. The van der Waals surface area contributed by atoms with E-state index in [0.717, 1.165) is 65.1 Å². The number of aliphatic hydroxyl groups is 1. The van der Waals surface area contributed by atoms with Crippen molar-refractivity contribution in [2.24, 2.45) is 0 Å². The largest absolute Gasteiger partial charge is 0.444 e. The third-order valence-electron chi connectivity index (χ3n) is 6.80. The molecule has 1 aliphatic rings. The van der Waals surface area contributed by atoms with Gasteiger partial charge in [0.05, 0.1) is 28.9 Å². The van der Waals surface area contributed by atoms with Gasteiger partial charge < -0.3 is 29.0 Å². The molecule has 3 aromatic rings. The first-order valence-corrected chi connectivity index (χ1v) is 12.7. The van der Waals surface area contributed by atoms with Crippen molar-refractivity contribution in [3.8, 4) is 11.1 Å². The minimum Gasteiger partial charge on any atom is -0.444 e. The Balaban J connectivity index is 1.78. The number of carbonyl (C=O) groups is 1. The molecule has 9 heteroatoms. The maximum absolute atomic E-state index is 12.7. The zero-order valence-electron chi connectivity index (χ0n) is 22.1. The molecule has 2 aromatic heterocycles. The van der Waals surface area contributed by atoms with Crippen LogP contribution in [0.1, 0.15) is 82.2 Å². The van der Waals surface area contributed by atoms with Gasteiger partial charge in [0.1, 0.15) is 17.2 Å². The van der Waals surface area contributed by atoms with Crippen LogP contribution < -0.4 is 5.32 Å². The van der Waals surface area contributed by atoms with E-state index in [1.807, 2.05) is 40.7 Å². The zero-order chi connectivity index (χ0) is 26.0. The summed E-state index contributed by atoms with van der Waals surface area (Å²) in [5.41, 5.74) is 3.97. The lowest BCUT2D eigenvalue weighted by Crippen LogP contribution is -2.37. The number of alkyl carbamates (subject to hydrolysis) is 1. The summed E-state index contributed by atoms with van der Waals surface area (Å²) in [6, 6.07) is 5.91. The number of hydrogen-bond donors (Lipinski definition) is 2. The average molecular weight is 499 g/mol. The number of nitrogens with zero attached hydrogens (tertiary/aromatic N) is 3. The van der Waals surface area contributed by atoms with Crippen molar-refractivity contribution in [1.82, 2.24) is 20.0 Å². The van der Waals surface area contributed by atoms with E-state index in [2.05, 4.69) is 27.2 Å². The van der Waals surface area contributed by atoms with Gasteiger partial charge in [-0.1, -0.05) is 11.2 Å². The van der Waals surface area contributed by atoms with Crippen LogP contribution in [0.3, 0.4) is 0 Å². The fourth-order valence-electron chi connectivity index (χ4n) is 5.18. The number of aryl methyl sites for hydroxylation is 2. The highest BCUT2D eigenvalue weighted by Crippen LogP contribution is 2.37. The van der Waals surface area contributed by atoms with E-state index in [1.54, 1.807) is 7.11 Å². The Morgan fingerprint density at radius 2 is 1.97 bits per heavy atom. The molecule has 1 aliphatic carbocycles. The van der Waals surface area contributed by atoms with Gasteiger partial charge in [0.15, 0.2) is 0 Å². The highest BCUT2D eigenvalue weighted by molar-refractivity contribution is 5.84. The van der Waals surface area contributed by atoms with Gasteiger partial charge in [0, 0.05) is 25.3 Å². The van der Waals surface area contributed by atoms with E-state index in [9.17, 15) is 9.90 Å². The standard InChI is InChI=1S/C27H38N4O5/c1-16-24(17(2)36-30-16)18-7-12-23-22(15-18)28-25(31(23)19-8-10-20(34-6)11-9-19)21(13-14-32)29-26(33)35-27(3,4)5/h7,12,15,19-21,32H,8-11,13-14H2,1-6H3,(H,29,33)/t19-,20-,21-/m0/s1. The topological polar surface area (TPSA) is 112 Å². The molecule has 36 heavy (non-hydrogen) atoms. The average Bonchev–Trinajstić information content (AvgIpc) is 3.36. The molecule has 2 N–H and O–H groups in total. The van der Waals surface area contributed by atoms with Crippen molar-refractivity contribution in [2.45, 2.75) is 90.5 Å². The van der Waals surface area contributed by atoms with E-state index < -0.39 is 17.7 Å². The van der Waals surface area contributed by atoms with Crippen LogP contribution in [0.2, 0.25) is 0 Å². The summed E-state index contributed by atoms with van der Waals surface area (Å²) in [6.45, 7) is 9.22. The molecule has 2 heterocycles. The minimum atomic E-state index is -0.629. The molecule has 1 saturated carbocycles. The van der Waals surface area contributed by atoms with Crippen molar-refractivity contribution in [3.63, 3.8) is 0 Å². The number of amides is 1. The number of carbonyl (C=O) groups excluding carboxylic acids is 1. The monoisotopic (exact) mass is 498 g/mol. The quantitative estimate of drug-likeness (QED) is 0.449. The molecule has 0 bridgehead atoms. The predicted molar refractivity (Wildman–Crippen MR) is 137 cm³/mol. The van der Waals surface area contributed by atoms with Crippen LogP contribution in [0.4, 0.5) is 4.79 Å². The summed E-state index contributed by atoms with van der Waals surface area (Å²) in [5.74, 6) is 1.48. The van der Waals surface area contributed by atoms with Crippen LogP contribution in [0.25, 0.3) is 22.2 Å². The molecular weight excluding hydrogens is 460 g/mol. The third kappa shape index (κ3) is 5.57. The van der Waals surface area contributed by atoms with Gasteiger partial charge >= 0.3 is 6.09 Å². The molecule has 1 aromatic carbocycles. The number of rotatable bonds is 7. The molecule has 4 rings (SSSR count). The molecular formula is C27H38N4O5. The Hall–Kier alpha value is -2.91. The Morgan fingerprint density at radius 3 is 2.56 bits per heavy atom. The summed E-state index contributed by atoms with van der Waals surface area (Å²) in [7, 11) is 1.77. The zero-order valence-corrected chi connectivity index (χ0v) is 22.1. The van der Waals surface area contributed by atoms with E-state index in [1.165, 1.54) is 0 Å². The first kappa shape index (κ1) is 26.2. The number of methoxy groups -OCH3 is 1. The molecule has 1 fully saturated rings. The molecule has 0 unspecified atom stereocenters. The molecule has 0 spiro atoms. The Kier molecular flexibility index (Phi) is 7.70. The Bertz CT molecular complexity index is 1180. The first-order chi connectivity index (χ1) is 17.1. The fourth-order valence-corrected chi connectivity index (χ4v) is 5.18. The summed E-state index contributed by atoms with van der Waals surface area (Å²) >= 11 is 0. The lowest BCUT2D eigenvalue weighted by atomic mass is 9.92. The van der Waals surface area contributed by atoms with E-state index in [4.69, 9.17) is 19.0 Å². The van der Waals surface area contributed by atoms with Crippen LogP contribution in [0.15, 0.2) is 22.7 Å². The second-order valence-electron chi connectivity index (χ2n) is 10.6. The third-order valence-corrected chi connectivity index (χ3v) is 6.80. The van der Waals surface area contributed by atoms with Crippen molar-refractivity contribution < 1.29 is 23.9 Å². The van der Waals surface area contributed by atoms with Gasteiger partial charge in [0.2, 0.25) is 0 Å².